The summed E-state index contributed by atoms with van der Waals surface area (Å²) >= 11 is 0. The van der Waals surface area contributed by atoms with Crippen LogP contribution in [0.4, 0.5) is 0 Å². The van der Waals surface area contributed by atoms with E-state index in [9.17, 15) is 9.90 Å². The standard InChI is InChI=1S/C24H29N3O2/c1-4-24(5-2,23(28)29)17-25-15-19-16-27(20-12-7-6-8-13-20)26-22(19)21-14-10-9-11-18(21)3/h6-14,16,25H,4-5,15,17H2,1-3H3,(H,28,29). The third-order valence-corrected chi connectivity index (χ3v) is 5.80. The number of benzene rings is 2. The molecule has 0 amide bonds. The van der Waals surface area contributed by atoms with E-state index in [0.717, 1.165) is 28.1 Å². The lowest BCUT2D eigenvalue weighted by atomic mass is 9.82. The van der Waals surface area contributed by atoms with Crippen LogP contribution in [-0.2, 0) is 11.3 Å². The van der Waals surface area contributed by atoms with Crippen LogP contribution < -0.4 is 5.32 Å². The normalized spacial score (nSPS) is 11.6. The number of carboxylic acids is 1. The summed E-state index contributed by atoms with van der Waals surface area (Å²) in [6, 6.07) is 18.2. The average molecular weight is 392 g/mol. The smallest absolute Gasteiger partial charge is 0.310 e. The summed E-state index contributed by atoms with van der Waals surface area (Å²) in [4.78, 5) is 11.8. The molecule has 0 atom stereocenters. The maximum Gasteiger partial charge on any atom is 0.310 e. The molecule has 1 aromatic heterocycles. The first-order chi connectivity index (χ1) is 14.0. The molecule has 152 valence electrons. The van der Waals surface area contributed by atoms with Crippen LogP contribution in [0.5, 0.6) is 0 Å². The number of para-hydroxylation sites is 1. The average Bonchev–Trinajstić information content (AvgIpc) is 3.16. The zero-order valence-electron chi connectivity index (χ0n) is 17.4. The van der Waals surface area contributed by atoms with Crippen LogP contribution in [0.1, 0.15) is 37.8 Å². The molecule has 0 fully saturated rings. The van der Waals surface area contributed by atoms with E-state index in [1.165, 1.54) is 0 Å². The van der Waals surface area contributed by atoms with Gasteiger partial charge in [-0.3, -0.25) is 4.79 Å². The van der Waals surface area contributed by atoms with Gasteiger partial charge in [0.25, 0.3) is 0 Å². The minimum absolute atomic E-state index is 0.430. The van der Waals surface area contributed by atoms with Crippen molar-refractivity contribution in [2.75, 3.05) is 6.54 Å². The van der Waals surface area contributed by atoms with Gasteiger partial charge in [-0.2, -0.15) is 5.10 Å². The highest BCUT2D eigenvalue weighted by molar-refractivity contribution is 5.74. The second-order valence-corrected chi connectivity index (χ2v) is 7.49. The SMILES string of the molecule is CCC(CC)(CNCc1cn(-c2ccccc2)nc1-c1ccccc1C)C(=O)O. The Morgan fingerprint density at radius 3 is 2.34 bits per heavy atom. The molecule has 0 aliphatic rings. The number of carbonyl (C=O) groups is 1. The van der Waals surface area contributed by atoms with Crippen molar-refractivity contribution >= 4 is 5.97 Å². The number of aromatic nitrogens is 2. The van der Waals surface area contributed by atoms with Gasteiger partial charge in [0, 0.05) is 30.4 Å². The largest absolute Gasteiger partial charge is 0.481 e. The topological polar surface area (TPSA) is 67.2 Å². The van der Waals surface area contributed by atoms with Crippen LogP contribution in [0.2, 0.25) is 0 Å². The van der Waals surface area contributed by atoms with Gasteiger partial charge in [-0.15, -0.1) is 0 Å². The third-order valence-electron chi connectivity index (χ3n) is 5.80. The van der Waals surface area contributed by atoms with E-state index in [1.807, 2.05) is 67.2 Å². The van der Waals surface area contributed by atoms with Gasteiger partial charge in [0.2, 0.25) is 0 Å². The van der Waals surface area contributed by atoms with Crippen molar-refractivity contribution in [2.24, 2.45) is 5.41 Å². The maximum atomic E-state index is 11.8. The fraction of sp³-hybridized carbons (Fsp3) is 0.333. The van der Waals surface area contributed by atoms with Gasteiger partial charge in [0.1, 0.15) is 0 Å². The quantitative estimate of drug-likeness (QED) is 0.548. The highest BCUT2D eigenvalue weighted by Crippen LogP contribution is 2.28. The van der Waals surface area contributed by atoms with Gasteiger partial charge in [-0.05, 0) is 37.5 Å². The molecule has 0 spiro atoms. The van der Waals surface area contributed by atoms with E-state index in [-0.39, 0.29) is 0 Å². The Kier molecular flexibility index (Phi) is 6.49. The summed E-state index contributed by atoms with van der Waals surface area (Å²) in [6.07, 6.45) is 3.23. The van der Waals surface area contributed by atoms with E-state index in [4.69, 9.17) is 5.10 Å². The lowest BCUT2D eigenvalue weighted by Gasteiger charge is -2.27. The first-order valence-electron chi connectivity index (χ1n) is 10.1. The number of hydrogen-bond donors (Lipinski definition) is 2. The minimum atomic E-state index is -0.742. The van der Waals surface area contributed by atoms with Crippen molar-refractivity contribution < 1.29 is 9.90 Å². The number of rotatable bonds is 9. The summed E-state index contributed by atoms with van der Waals surface area (Å²) in [5.74, 6) is -0.742. The van der Waals surface area contributed by atoms with Gasteiger partial charge in [0.15, 0.2) is 0 Å². The Hall–Kier alpha value is -2.92. The number of aliphatic carboxylic acids is 1. The Bertz CT molecular complexity index is 959. The molecule has 0 aliphatic carbocycles. The van der Waals surface area contributed by atoms with Gasteiger partial charge >= 0.3 is 5.97 Å². The second-order valence-electron chi connectivity index (χ2n) is 7.49. The minimum Gasteiger partial charge on any atom is -0.481 e. The summed E-state index contributed by atoms with van der Waals surface area (Å²) < 4.78 is 1.89. The van der Waals surface area contributed by atoms with Crippen LogP contribution in [0, 0.1) is 12.3 Å². The van der Waals surface area contributed by atoms with Gasteiger partial charge in [-0.25, -0.2) is 4.68 Å². The van der Waals surface area contributed by atoms with Crippen molar-refractivity contribution in [1.29, 1.82) is 0 Å². The monoisotopic (exact) mass is 391 g/mol. The van der Waals surface area contributed by atoms with E-state index in [0.29, 0.717) is 25.9 Å². The van der Waals surface area contributed by atoms with Crippen LogP contribution in [0.3, 0.4) is 0 Å². The zero-order valence-corrected chi connectivity index (χ0v) is 17.4. The van der Waals surface area contributed by atoms with Crippen molar-refractivity contribution in [3.05, 3.63) is 71.9 Å². The molecule has 0 radical (unpaired) electrons. The summed E-state index contributed by atoms with van der Waals surface area (Å²) in [5.41, 5.74) is 4.49. The lowest BCUT2D eigenvalue weighted by molar-refractivity contribution is -0.149. The Morgan fingerprint density at radius 1 is 1.07 bits per heavy atom. The molecule has 1 heterocycles. The number of carboxylic acid groups (broad SMARTS) is 1. The van der Waals surface area contributed by atoms with Gasteiger partial charge in [-0.1, -0.05) is 56.3 Å². The number of nitrogens with zero attached hydrogens (tertiary/aromatic N) is 2. The maximum absolute atomic E-state index is 11.8. The molecule has 0 saturated heterocycles. The number of nitrogens with one attached hydrogen (secondary N) is 1. The Balaban J connectivity index is 1.92. The van der Waals surface area contributed by atoms with E-state index in [2.05, 4.69) is 24.4 Å². The molecule has 5 nitrogen and oxygen atoms in total. The van der Waals surface area contributed by atoms with Crippen molar-refractivity contribution in [3.8, 4) is 16.9 Å². The highest BCUT2D eigenvalue weighted by Gasteiger charge is 2.34. The van der Waals surface area contributed by atoms with E-state index >= 15 is 0 Å². The fourth-order valence-corrected chi connectivity index (χ4v) is 3.63. The molecule has 0 bridgehead atoms. The van der Waals surface area contributed by atoms with Crippen LogP contribution in [0.25, 0.3) is 16.9 Å². The van der Waals surface area contributed by atoms with Crippen molar-refractivity contribution in [3.63, 3.8) is 0 Å². The van der Waals surface area contributed by atoms with Gasteiger partial charge in [0.05, 0.1) is 16.8 Å². The molecule has 29 heavy (non-hydrogen) atoms. The molecule has 2 N–H and O–H groups in total. The van der Waals surface area contributed by atoms with E-state index < -0.39 is 11.4 Å². The Labute approximate surface area is 172 Å². The summed E-state index contributed by atoms with van der Waals surface area (Å²) in [5, 5.41) is 17.9. The van der Waals surface area contributed by atoms with Crippen molar-refractivity contribution in [2.45, 2.75) is 40.2 Å². The molecule has 0 saturated carbocycles. The highest BCUT2D eigenvalue weighted by atomic mass is 16.4. The Morgan fingerprint density at radius 2 is 1.72 bits per heavy atom. The summed E-state index contributed by atoms with van der Waals surface area (Å²) in [7, 11) is 0. The second kappa shape index (κ2) is 9.05. The predicted molar refractivity (Wildman–Crippen MR) is 116 cm³/mol. The molecular weight excluding hydrogens is 362 g/mol. The first-order valence-corrected chi connectivity index (χ1v) is 10.1. The van der Waals surface area contributed by atoms with Gasteiger partial charge < -0.3 is 10.4 Å². The zero-order chi connectivity index (χ0) is 20.9. The van der Waals surface area contributed by atoms with Crippen LogP contribution >= 0.6 is 0 Å². The predicted octanol–water partition coefficient (Wildman–Crippen LogP) is 4.83. The number of aryl methyl sites for hydroxylation is 1. The van der Waals surface area contributed by atoms with Crippen molar-refractivity contribution in [1.82, 2.24) is 15.1 Å². The molecule has 0 aliphatic heterocycles. The molecule has 3 aromatic rings. The van der Waals surface area contributed by atoms with Crippen LogP contribution in [-0.4, -0.2) is 27.4 Å². The van der Waals surface area contributed by atoms with Crippen LogP contribution in [0.15, 0.2) is 60.8 Å². The fourth-order valence-electron chi connectivity index (χ4n) is 3.63. The molecule has 2 aromatic carbocycles. The third kappa shape index (κ3) is 4.40. The molecule has 5 heteroatoms. The first kappa shape index (κ1) is 20.8. The molecular formula is C24H29N3O2. The summed E-state index contributed by atoms with van der Waals surface area (Å²) in [6.45, 7) is 6.94. The number of hydrogen-bond acceptors (Lipinski definition) is 3. The van der Waals surface area contributed by atoms with E-state index in [1.54, 1.807) is 0 Å². The lowest BCUT2D eigenvalue weighted by Crippen LogP contribution is -2.40. The molecule has 0 unspecified atom stereocenters. The molecule has 3 rings (SSSR count).